The topological polar surface area (TPSA) is 88.8 Å². The third-order valence-electron chi connectivity index (χ3n) is 4.02. The Morgan fingerprint density at radius 1 is 1.17 bits per heavy atom. The van der Waals surface area contributed by atoms with Gasteiger partial charge < -0.3 is 16.4 Å². The number of allylic oxidation sites excluding steroid dienone is 1. The maximum Gasteiger partial charge on any atom is 0.159 e. The van der Waals surface area contributed by atoms with E-state index in [1.165, 1.54) is 37.6 Å². The number of anilines is 4. The van der Waals surface area contributed by atoms with Gasteiger partial charge in [0.2, 0.25) is 0 Å². The summed E-state index contributed by atoms with van der Waals surface area (Å²) in [5, 5.41) is 6.76. The average molecular weight is 345 g/mol. The molecule has 126 valence electrons. The number of nitrogen functional groups attached to an aromatic ring is 1. The van der Waals surface area contributed by atoms with Crippen LogP contribution < -0.4 is 16.4 Å². The Balaban J connectivity index is 1.64. The maximum absolute atomic E-state index is 6.17. The largest absolute Gasteiger partial charge is 0.393 e. The summed E-state index contributed by atoms with van der Waals surface area (Å²) < 4.78 is 0. The van der Waals surface area contributed by atoms with Crippen molar-refractivity contribution in [1.29, 1.82) is 0 Å². The average Bonchev–Trinajstić information content (AvgIpc) is 2.61. The lowest BCUT2D eigenvalue weighted by atomic mass is 9.97. The van der Waals surface area contributed by atoms with Gasteiger partial charge >= 0.3 is 0 Å². The van der Waals surface area contributed by atoms with Crippen LogP contribution in [0.25, 0.3) is 0 Å². The first-order valence-electron chi connectivity index (χ1n) is 8.14. The van der Waals surface area contributed by atoms with Crippen molar-refractivity contribution in [1.82, 2.24) is 15.0 Å². The summed E-state index contributed by atoms with van der Waals surface area (Å²) in [6.45, 7) is 0.806. The van der Waals surface area contributed by atoms with Crippen molar-refractivity contribution in [2.24, 2.45) is 0 Å². The fourth-order valence-electron chi connectivity index (χ4n) is 2.72. The smallest absolute Gasteiger partial charge is 0.159 e. The zero-order valence-electron chi connectivity index (χ0n) is 13.4. The monoisotopic (exact) mass is 344 g/mol. The Morgan fingerprint density at radius 2 is 2.04 bits per heavy atom. The molecule has 0 radical (unpaired) electrons. The standard InChI is InChI=1S/C17H21ClN6/c18-15-13(7-4-9-20-15)24-17-14(19)16(22-11-23-17)21-10-8-12-5-2-1-3-6-12/h4-5,7,9,11H,1-3,6,8,10,19H2,(H2,21,22,23,24). The maximum atomic E-state index is 6.17. The SMILES string of the molecule is Nc1c(NCCC2=CCCCC2)ncnc1Nc1cccnc1Cl. The van der Waals surface area contributed by atoms with Crippen molar-refractivity contribution in [2.75, 3.05) is 22.9 Å². The molecule has 7 heteroatoms. The van der Waals surface area contributed by atoms with Gasteiger partial charge in [-0.1, -0.05) is 23.3 Å². The van der Waals surface area contributed by atoms with Crippen molar-refractivity contribution in [3.63, 3.8) is 0 Å². The number of nitrogens with one attached hydrogen (secondary N) is 2. The van der Waals surface area contributed by atoms with E-state index in [1.807, 2.05) is 6.07 Å². The molecular formula is C17H21ClN6. The Hall–Kier alpha value is -2.34. The molecule has 6 nitrogen and oxygen atoms in total. The van der Waals surface area contributed by atoms with Gasteiger partial charge in [-0.2, -0.15) is 0 Å². The summed E-state index contributed by atoms with van der Waals surface area (Å²) in [6, 6.07) is 3.61. The van der Waals surface area contributed by atoms with Gasteiger partial charge in [-0.15, -0.1) is 0 Å². The van der Waals surface area contributed by atoms with E-state index in [0.29, 0.717) is 28.2 Å². The molecule has 0 bridgehead atoms. The number of nitrogens with zero attached hydrogens (tertiary/aromatic N) is 3. The van der Waals surface area contributed by atoms with E-state index in [9.17, 15) is 0 Å². The fourth-order valence-corrected chi connectivity index (χ4v) is 2.88. The molecule has 1 aliphatic rings. The predicted octanol–water partition coefficient (Wildman–Crippen LogP) is 4.15. The summed E-state index contributed by atoms with van der Waals surface area (Å²) in [5.41, 5.74) is 8.81. The summed E-state index contributed by atoms with van der Waals surface area (Å²) in [7, 11) is 0. The second kappa shape index (κ2) is 7.97. The van der Waals surface area contributed by atoms with Crippen LogP contribution in [-0.4, -0.2) is 21.5 Å². The van der Waals surface area contributed by atoms with Gasteiger partial charge in [0.25, 0.3) is 0 Å². The van der Waals surface area contributed by atoms with Crippen LogP contribution >= 0.6 is 11.6 Å². The molecule has 2 heterocycles. The van der Waals surface area contributed by atoms with Crippen molar-refractivity contribution in [3.05, 3.63) is 41.5 Å². The van der Waals surface area contributed by atoms with Gasteiger partial charge in [0, 0.05) is 12.7 Å². The Labute approximate surface area is 146 Å². The van der Waals surface area contributed by atoms with Crippen molar-refractivity contribution in [2.45, 2.75) is 32.1 Å². The van der Waals surface area contributed by atoms with Crippen molar-refractivity contribution >= 4 is 34.6 Å². The van der Waals surface area contributed by atoms with Crippen LogP contribution in [0, 0.1) is 0 Å². The molecule has 2 aromatic heterocycles. The Bertz CT molecular complexity index is 731. The Kier molecular flexibility index (Phi) is 5.48. The van der Waals surface area contributed by atoms with Gasteiger partial charge in [-0.05, 0) is 44.2 Å². The van der Waals surface area contributed by atoms with Crippen LogP contribution in [0.2, 0.25) is 5.15 Å². The first kappa shape index (κ1) is 16.5. The minimum Gasteiger partial charge on any atom is -0.393 e. The minimum atomic E-state index is 0.370. The summed E-state index contributed by atoms with van der Waals surface area (Å²) in [5.74, 6) is 1.14. The van der Waals surface area contributed by atoms with Crippen LogP contribution in [0.5, 0.6) is 0 Å². The molecule has 1 aliphatic carbocycles. The van der Waals surface area contributed by atoms with Crippen molar-refractivity contribution in [3.8, 4) is 0 Å². The van der Waals surface area contributed by atoms with Crippen molar-refractivity contribution < 1.29 is 0 Å². The van der Waals surface area contributed by atoms with Crippen LogP contribution in [0.15, 0.2) is 36.3 Å². The van der Waals surface area contributed by atoms with E-state index >= 15 is 0 Å². The van der Waals surface area contributed by atoms with E-state index in [0.717, 1.165) is 13.0 Å². The molecule has 0 spiro atoms. The summed E-state index contributed by atoms with van der Waals surface area (Å²) in [6.07, 6.45) is 11.5. The van der Waals surface area contributed by atoms with Crippen LogP contribution in [0.4, 0.5) is 23.0 Å². The van der Waals surface area contributed by atoms with Gasteiger partial charge in [0.1, 0.15) is 12.0 Å². The molecule has 0 aliphatic heterocycles. The molecule has 0 amide bonds. The summed E-state index contributed by atoms with van der Waals surface area (Å²) >= 11 is 6.06. The van der Waals surface area contributed by atoms with Gasteiger partial charge in [-0.25, -0.2) is 15.0 Å². The predicted molar refractivity (Wildman–Crippen MR) is 98.6 cm³/mol. The van der Waals surface area contributed by atoms with E-state index in [4.69, 9.17) is 17.3 Å². The normalized spacial score (nSPS) is 14.1. The number of halogens is 1. The highest BCUT2D eigenvalue weighted by atomic mass is 35.5. The molecule has 0 saturated carbocycles. The van der Waals surface area contributed by atoms with Crippen LogP contribution in [0.1, 0.15) is 32.1 Å². The number of pyridine rings is 1. The van der Waals surface area contributed by atoms with Gasteiger partial charge in [-0.3, -0.25) is 0 Å². The van der Waals surface area contributed by atoms with E-state index in [1.54, 1.807) is 12.3 Å². The van der Waals surface area contributed by atoms with Crippen LogP contribution in [-0.2, 0) is 0 Å². The third-order valence-corrected chi connectivity index (χ3v) is 4.32. The van der Waals surface area contributed by atoms with E-state index < -0.39 is 0 Å². The molecule has 0 saturated heterocycles. The first-order chi connectivity index (χ1) is 11.7. The highest BCUT2D eigenvalue weighted by molar-refractivity contribution is 6.32. The molecule has 0 unspecified atom stereocenters. The molecule has 0 aromatic carbocycles. The van der Waals surface area contributed by atoms with Gasteiger partial charge in [0.15, 0.2) is 16.8 Å². The molecule has 3 rings (SSSR count). The number of rotatable bonds is 6. The lowest BCUT2D eigenvalue weighted by Crippen LogP contribution is -2.10. The zero-order valence-corrected chi connectivity index (χ0v) is 14.2. The molecular weight excluding hydrogens is 324 g/mol. The molecule has 0 atom stereocenters. The van der Waals surface area contributed by atoms with Gasteiger partial charge in [0.05, 0.1) is 5.69 Å². The lowest BCUT2D eigenvalue weighted by molar-refractivity contribution is 0.679. The quantitative estimate of drug-likeness (QED) is 0.538. The summed E-state index contributed by atoms with van der Waals surface area (Å²) in [4.78, 5) is 12.4. The molecule has 4 N–H and O–H groups in total. The van der Waals surface area contributed by atoms with Crippen LogP contribution in [0.3, 0.4) is 0 Å². The second-order valence-corrected chi connectivity index (χ2v) is 6.09. The molecule has 0 fully saturated rings. The van der Waals surface area contributed by atoms with E-state index in [2.05, 4.69) is 31.7 Å². The number of aromatic nitrogens is 3. The Morgan fingerprint density at radius 3 is 2.83 bits per heavy atom. The minimum absolute atomic E-state index is 0.370. The fraction of sp³-hybridized carbons (Fsp3) is 0.353. The third kappa shape index (κ3) is 4.14. The lowest BCUT2D eigenvalue weighted by Gasteiger charge is -2.15. The second-order valence-electron chi connectivity index (χ2n) is 5.74. The highest BCUT2D eigenvalue weighted by Crippen LogP contribution is 2.28. The number of nitrogens with two attached hydrogens (primary N) is 1. The first-order valence-corrected chi connectivity index (χ1v) is 8.51. The highest BCUT2D eigenvalue weighted by Gasteiger charge is 2.10. The molecule has 24 heavy (non-hydrogen) atoms. The molecule has 2 aromatic rings. The number of hydrogen-bond acceptors (Lipinski definition) is 6. The van der Waals surface area contributed by atoms with E-state index in [-0.39, 0.29) is 0 Å². The zero-order chi connectivity index (χ0) is 16.8. The number of hydrogen-bond donors (Lipinski definition) is 3.